The van der Waals surface area contributed by atoms with E-state index >= 15 is 0 Å². The molecule has 4 aromatic rings. The molecule has 0 unspecified atom stereocenters. The van der Waals surface area contributed by atoms with Crippen LogP contribution in [0.15, 0.2) is 54.9 Å². The van der Waals surface area contributed by atoms with E-state index in [1.807, 2.05) is 0 Å². The minimum absolute atomic E-state index is 0.135. The van der Waals surface area contributed by atoms with Crippen LogP contribution >= 0.6 is 0 Å². The summed E-state index contributed by atoms with van der Waals surface area (Å²) < 4.78 is 41.4. The highest BCUT2D eigenvalue weighted by Gasteiger charge is 2.15. The van der Waals surface area contributed by atoms with Crippen molar-refractivity contribution < 1.29 is 13.2 Å². The summed E-state index contributed by atoms with van der Waals surface area (Å²) in [4.78, 5) is 12.9. The zero-order valence-electron chi connectivity index (χ0n) is 14.2. The van der Waals surface area contributed by atoms with Gasteiger partial charge in [0.15, 0.2) is 17.5 Å². The number of nitrogens with zero attached hydrogens (tertiary/aromatic N) is 3. The molecule has 0 aliphatic rings. The summed E-state index contributed by atoms with van der Waals surface area (Å²) in [7, 11) is 1.69. The Morgan fingerprint density at radius 3 is 2.41 bits per heavy atom. The molecular weight excluding hydrogens is 353 g/mol. The van der Waals surface area contributed by atoms with E-state index in [1.165, 1.54) is 18.2 Å². The van der Waals surface area contributed by atoms with E-state index in [0.29, 0.717) is 28.1 Å². The van der Waals surface area contributed by atoms with E-state index < -0.39 is 17.5 Å². The normalized spacial score (nSPS) is 11.0. The average Bonchev–Trinajstić information content (AvgIpc) is 2.69. The monoisotopic (exact) mass is 366 g/mol. The fourth-order valence-corrected chi connectivity index (χ4v) is 2.85. The summed E-state index contributed by atoms with van der Waals surface area (Å²) in [5.41, 5.74) is 1.44. The smallest absolute Gasteiger partial charge is 0.163 e. The van der Waals surface area contributed by atoms with Crippen LogP contribution in [0, 0.1) is 17.5 Å². The van der Waals surface area contributed by atoms with Crippen LogP contribution in [0.2, 0.25) is 0 Å². The van der Waals surface area contributed by atoms with Crippen molar-refractivity contribution in [2.75, 3.05) is 12.4 Å². The molecule has 0 radical (unpaired) electrons. The van der Waals surface area contributed by atoms with Crippen LogP contribution in [-0.4, -0.2) is 22.0 Å². The molecule has 7 heteroatoms. The number of anilines is 1. The zero-order chi connectivity index (χ0) is 19.0. The first kappa shape index (κ1) is 17.0. The maximum atomic E-state index is 14.7. The van der Waals surface area contributed by atoms with Crippen LogP contribution in [0.4, 0.5) is 19.0 Å². The topological polar surface area (TPSA) is 50.7 Å². The second-order valence-corrected chi connectivity index (χ2v) is 5.87. The van der Waals surface area contributed by atoms with Gasteiger partial charge in [-0.25, -0.2) is 23.1 Å². The van der Waals surface area contributed by atoms with Gasteiger partial charge in [-0.1, -0.05) is 6.07 Å². The number of aromatic nitrogens is 3. The molecule has 0 saturated heterocycles. The fraction of sp³-hybridized carbons (Fsp3) is 0.0500. The first-order valence-electron chi connectivity index (χ1n) is 8.11. The van der Waals surface area contributed by atoms with Gasteiger partial charge in [0.1, 0.15) is 11.6 Å². The van der Waals surface area contributed by atoms with Gasteiger partial charge in [-0.15, -0.1) is 0 Å². The number of hydrogen-bond acceptors (Lipinski definition) is 4. The summed E-state index contributed by atoms with van der Waals surface area (Å²) in [6, 6.07) is 9.60. The molecule has 0 aliphatic heterocycles. The standard InChI is InChI=1S/C20H13F3N4/c1-24-20-14-8-13(11-4-5-15(21)17(23)7-11)16(22)9-18(14)26-19(27-20)12-3-2-6-25-10-12/h2-10H,1H3,(H,24,26,27). The third kappa shape index (κ3) is 3.08. The summed E-state index contributed by atoms with van der Waals surface area (Å²) >= 11 is 0. The molecule has 0 saturated carbocycles. The van der Waals surface area contributed by atoms with E-state index in [-0.39, 0.29) is 11.1 Å². The van der Waals surface area contributed by atoms with Crippen LogP contribution in [0.1, 0.15) is 0 Å². The number of hydrogen-bond donors (Lipinski definition) is 1. The number of rotatable bonds is 3. The van der Waals surface area contributed by atoms with Gasteiger partial charge in [0.2, 0.25) is 0 Å². The highest BCUT2D eigenvalue weighted by atomic mass is 19.2. The lowest BCUT2D eigenvalue weighted by Gasteiger charge is -2.11. The van der Waals surface area contributed by atoms with E-state index in [9.17, 15) is 13.2 Å². The second-order valence-electron chi connectivity index (χ2n) is 5.87. The van der Waals surface area contributed by atoms with E-state index in [0.717, 1.165) is 12.1 Å². The van der Waals surface area contributed by atoms with Crippen molar-refractivity contribution in [1.29, 1.82) is 0 Å². The van der Waals surface area contributed by atoms with E-state index in [2.05, 4.69) is 20.3 Å². The largest absolute Gasteiger partial charge is 0.373 e. The molecule has 4 nitrogen and oxygen atoms in total. The van der Waals surface area contributed by atoms with Gasteiger partial charge in [0.05, 0.1) is 5.52 Å². The maximum absolute atomic E-state index is 14.7. The third-order valence-electron chi connectivity index (χ3n) is 4.17. The molecule has 0 spiro atoms. The van der Waals surface area contributed by atoms with Crippen LogP contribution in [0.3, 0.4) is 0 Å². The lowest BCUT2D eigenvalue weighted by Crippen LogP contribution is -2.00. The van der Waals surface area contributed by atoms with Crippen molar-refractivity contribution >= 4 is 16.7 Å². The number of nitrogens with one attached hydrogen (secondary N) is 1. The average molecular weight is 366 g/mol. The minimum Gasteiger partial charge on any atom is -0.373 e. The molecule has 134 valence electrons. The predicted molar refractivity (Wildman–Crippen MR) is 97.6 cm³/mol. The molecule has 0 bridgehead atoms. The molecule has 2 heterocycles. The van der Waals surface area contributed by atoms with Gasteiger partial charge >= 0.3 is 0 Å². The van der Waals surface area contributed by atoms with Gasteiger partial charge in [-0.05, 0) is 35.9 Å². The zero-order valence-corrected chi connectivity index (χ0v) is 14.2. The molecule has 27 heavy (non-hydrogen) atoms. The molecule has 0 aliphatic carbocycles. The summed E-state index contributed by atoms with van der Waals surface area (Å²) in [6.07, 6.45) is 3.25. The highest BCUT2D eigenvalue weighted by molar-refractivity contribution is 5.94. The van der Waals surface area contributed by atoms with Gasteiger partial charge in [0, 0.05) is 42.0 Å². The van der Waals surface area contributed by atoms with Crippen molar-refractivity contribution in [2.24, 2.45) is 0 Å². The molecule has 0 atom stereocenters. The Balaban J connectivity index is 1.93. The van der Waals surface area contributed by atoms with Gasteiger partial charge < -0.3 is 5.32 Å². The predicted octanol–water partition coefficient (Wildman–Crippen LogP) is 4.82. The number of benzene rings is 2. The molecule has 0 fully saturated rings. The Labute approximate surface area is 152 Å². The van der Waals surface area contributed by atoms with Crippen LogP contribution in [0.25, 0.3) is 33.4 Å². The highest BCUT2D eigenvalue weighted by Crippen LogP contribution is 2.32. The van der Waals surface area contributed by atoms with Crippen molar-refractivity contribution in [3.8, 4) is 22.5 Å². The van der Waals surface area contributed by atoms with E-state index in [1.54, 1.807) is 31.6 Å². The first-order valence-corrected chi connectivity index (χ1v) is 8.11. The Kier molecular flexibility index (Phi) is 4.19. The maximum Gasteiger partial charge on any atom is 0.163 e. The van der Waals surface area contributed by atoms with Crippen molar-refractivity contribution in [3.05, 3.63) is 72.3 Å². The summed E-state index contributed by atoms with van der Waals surface area (Å²) in [5.74, 6) is -1.72. The Hall–Kier alpha value is -3.48. The molecular formula is C20H13F3N4. The lowest BCUT2D eigenvalue weighted by atomic mass is 10.0. The summed E-state index contributed by atoms with van der Waals surface area (Å²) in [5, 5.41) is 3.53. The Morgan fingerprint density at radius 1 is 0.852 bits per heavy atom. The van der Waals surface area contributed by atoms with Gasteiger partial charge in [-0.3, -0.25) is 4.98 Å². The molecule has 2 aromatic carbocycles. The van der Waals surface area contributed by atoms with Crippen molar-refractivity contribution in [3.63, 3.8) is 0 Å². The second kappa shape index (κ2) is 6.68. The van der Waals surface area contributed by atoms with Gasteiger partial charge in [-0.2, -0.15) is 0 Å². The lowest BCUT2D eigenvalue weighted by molar-refractivity contribution is 0.509. The summed E-state index contributed by atoms with van der Waals surface area (Å²) in [6.45, 7) is 0. The molecule has 4 rings (SSSR count). The number of halogens is 3. The third-order valence-corrected chi connectivity index (χ3v) is 4.17. The minimum atomic E-state index is -1.04. The molecule has 2 aromatic heterocycles. The quantitative estimate of drug-likeness (QED) is 0.565. The first-order chi connectivity index (χ1) is 13.1. The Bertz CT molecular complexity index is 1150. The Morgan fingerprint density at radius 2 is 1.70 bits per heavy atom. The number of pyridine rings is 1. The molecule has 1 N–H and O–H groups in total. The van der Waals surface area contributed by atoms with Gasteiger partial charge in [0.25, 0.3) is 0 Å². The number of fused-ring (bicyclic) bond motifs is 1. The van der Waals surface area contributed by atoms with Crippen molar-refractivity contribution in [2.45, 2.75) is 0 Å². The van der Waals surface area contributed by atoms with Crippen LogP contribution in [0.5, 0.6) is 0 Å². The van der Waals surface area contributed by atoms with Crippen molar-refractivity contribution in [1.82, 2.24) is 15.0 Å². The van der Waals surface area contributed by atoms with Crippen LogP contribution < -0.4 is 5.32 Å². The SMILES string of the molecule is CNc1nc(-c2cccnc2)nc2cc(F)c(-c3ccc(F)c(F)c3)cc12. The molecule has 0 amide bonds. The van der Waals surface area contributed by atoms with E-state index in [4.69, 9.17) is 0 Å². The fourth-order valence-electron chi connectivity index (χ4n) is 2.85. The van der Waals surface area contributed by atoms with Crippen LogP contribution in [-0.2, 0) is 0 Å².